The third-order valence-corrected chi connectivity index (χ3v) is 17.4. The summed E-state index contributed by atoms with van der Waals surface area (Å²) in [6, 6.07) is 0. The number of esters is 4. The van der Waals surface area contributed by atoms with Gasteiger partial charge < -0.3 is 33.8 Å². The predicted octanol–water partition coefficient (Wildman–Crippen LogP) is 18.8. The lowest BCUT2D eigenvalue weighted by Crippen LogP contribution is -2.30. The Morgan fingerprint density at radius 1 is 0.314 bits per heavy atom. The number of aliphatic hydroxyl groups excluding tert-OH is 1. The fourth-order valence-corrected chi connectivity index (χ4v) is 11.6. The number of rotatable bonds is 66. The molecule has 0 spiro atoms. The van der Waals surface area contributed by atoms with E-state index in [1.807, 2.05) is 0 Å². The van der Waals surface area contributed by atoms with Gasteiger partial charge in [-0.3, -0.25) is 37.3 Å². The van der Waals surface area contributed by atoms with Crippen LogP contribution < -0.4 is 0 Å². The van der Waals surface area contributed by atoms with Gasteiger partial charge in [-0.15, -0.1) is 0 Å². The molecular weight excluding hydrogens is 1140 g/mol. The van der Waals surface area contributed by atoms with E-state index in [4.69, 9.17) is 37.0 Å². The largest absolute Gasteiger partial charge is 0.472 e. The van der Waals surface area contributed by atoms with Crippen LogP contribution in [0.25, 0.3) is 0 Å². The second kappa shape index (κ2) is 59.4. The van der Waals surface area contributed by atoms with Gasteiger partial charge in [0.15, 0.2) is 12.2 Å². The molecule has 19 heteroatoms. The Kier molecular flexibility index (Phi) is 58.0. The first-order chi connectivity index (χ1) is 41.4. The van der Waals surface area contributed by atoms with Crippen molar-refractivity contribution < 1.29 is 80.2 Å². The highest BCUT2D eigenvalue weighted by molar-refractivity contribution is 7.47. The van der Waals surface area contributed by atoms with Crippen LogP contribution in [-0.4, -0.2) is 96.7 Å². The van der Waals surface area contributed by atoms with Gasteiger partial charge in [-0.05, 0) is 37.5 Å². The van der Waals surface area contributed by atoms with Crippen molar-refractivity contribution in [3.8, 4) is 0 Å². The summed E-state index contributed by atoms with van der Waals surface area (Å²) in [5.74, 6) is -0.560. The van der Waals surface area contributed by atoms with E-state index in [9.17, 15) is 43.2 Å². The lowest BCUT2D eigenvalue weighted by molar-refractivity contribution is -0.161. The number of unbranched alkanes of at least 4 members (excludes halogenated alkanes) is 36. The van der Waals surface area contributed by atoms with E-state index in [1.54, 1.807) is 0 Å². The van der Waals surface area contributed by atoms with Gasteiger partial charge in [0, 0.05) is 25.7 Å². The first kappa shape index (κ1) is 84.1. The Hall–Kier alpha value is -1.94. The summed E-state index contributed by atoms with van der Waals surface area (Å²) in [4.78, 5) is 72.1. The zero-order valence-corrected chi connectivity index (χ0v) is 57.4. The lowest BCUT2D eigenvalue weighted by Gasteiger charge is -2.21. The zero-order valence-electron chi connectivity index (χ0n) is 55.6. The van der Waals surface area contributed by atoms with E-state index < -0.39 is 97.5 Å². The van der Waals surface area contributed by atoms with Crippen LogP contribution in [-0.2, 0) is 65.4 Å². The maximum atomic E-state index is 13.0. The van der Waals surface area contributed by atoms with Crippen molar-refractivity contribution in [3.05, 3.63) is 0 Å². The number of phosphoric ester groups is 2. The molecule has 5 atom stereocenters. The highest BCUT2D eigenvalue weighted by atomic mass is 31.2. The van der Waals surface area contributed by atoms with Gasteiger partial charge in [0.25, 0.3) is 0 Å². The summed E-state index contributed by atoms with van der Waals surface area (Å²) < 4.78 is 67.9. The van der Waals surface area contributed by atoms with Gasteiger partial charge in [-0.1, -0.05) is 286 Å². The van der Waals surface area contributed by atoms with E-state index in [0.29, 0.717) is 25.7 Å². The van der Waals surface area contributed by atoms with Crippen LogP contribution in [0.4, 0.5) is 0 Å². The molecule has 17 nitrogen and oxygen atoms in total. The average Bonchev–Trinajstić information content (AvgIpc) is 3.68. The smallest absolute Gasteiger partial charge is 0.462 e. The topological polar surface area (TPSA) is 237 Å². The molecule has 0 bridgehead atoms. The van der Waals surface area contributed by atoms with Crippen LogP contribution in [0, 0.1) is 11.8 Å². The standard InChI is InChI=1S/C67H130O17P2/c1-7-9-11-13-29-37-43-49-64(69)77-55-62(83-66(71)51-45-39-30-14-12-10-8-2)57-81-85(73,74)79-53-61(68)54-80-86(75,76)82-58-63(84-67(72)52-46-40-34-28-24-20-16-18-22-26-32-36-42-48-60(5)6)56-78-65(70)50-44-38-33-27-23-19-15-17-21-25-31-35-41-47-59(3)4/h59-63,68H,7-58H2,1-6H3,(H,73,74)(H,75,76)/t61-,62+,63+/m0/s1. The van der Waals surface area contributed by atoms with Gasteiger partial charge >= 0.3 is 39.5 Å². The van der Waals surface area contributed by atoms with E-state index >= 15 is 0 Å². The second-order valence-electron chi connectivity index (χ2n) is 25.2. The van der Waals surface area contributed by atoms with Crippen molar-refractivity contribution in [3.63, 3.8) is 0 Å². The quantitative estimate of drug-likeness (QED) is 0.0222. The Bertz CT molecular complexity index is 1680. The monoisotopic (exact) mass is 1270 g/mol. The SMILES string of the molecule is CCCCCCCCCC(=O)OC[C@H](COP(=O)(O)OC[C@H](O)COP(=O)(O)OC[C@@H](COC(=O)CCCCCCCCCCCCCCCC(C)C)OC(=O)CCCCCCCCCCCCCCCC(C)C)OC(=O)CCCCCCCCC. The maximum Gasteiger partial charge on any atom is 0.472 e. The molecule has 0 aliphatic rings. The molecule has 2 unspecified atom stereocenters. The molecule has 0 radical (unpaired) electrons. The van der Waals surface area contributed by atoms with Crippen molar-refractivity contribution in [2.24, 2.45) is 11.8 Å². The Morgan fingerprint density at radius 3 is 0.791 bits per heavy atom. The Balaban J connectivity index is 5.16. The summed E-state index contributed by atoms with van der Waals surface area (Å²) in [5, 5.41) is 10.5. The van der Waals surface area contributed by atoms with Crippen LogP contribution in [0.5, 0.6) is 0 Å². The van der Waals surface area contributed by atoms with Crippen LogP contribution in [0.2, 0.25) is 0 Å². The summed E-state index contributed by atoms with van der Waals surface area (Å²) in [6.07, 6.45) is 43.3. The summed E-state index contributed by atoms with van der Waals surface area (Å²) in [7, 11) is -9.88. The van der Waals surface area contributed by atoms with E-state index in [0.717, 1.165) is 127 Å². The van der Waals surface area contributed by atoms with Crippen LogP contribution in [0.1, 0.15) is 337 Å². The minimum absolute atomic E-state index is 0.103. The molecule has 510 valence electrons. The fourth-order valence-electron chi connectivity index (χ4n) is 10.1. The first-order valence-electron chi connectivity index (χ1n) is 35.0. The molecule has 3 N–H and O–H groups in total. The zero-order chi connectivity index (χ0) is 63.6. The van der Waals surface area contributed by atoms with Gasteiger partial charge in [-0.2, -0.15) is 0 Å². The molecular formula is C67H130O17P2. The second-order valence-corrected chi connectivity index (χ2v) is 28.1. The van der Waals surface area contributed by atoms with Crippen LogP contribution >= 0.6 is 15.6 Å². The van der Waals surface area contributed by atoms with Crippen LogP contribution in [0.15, 0.2) is 0 Å². The highest BCUT2D eigenvalue weighted by Crippen LogP contribution is 2.45. The number of carbonyl (C=O) groups is 4. The number of carbonyl (C=O) groups excluding carboxylic acids is 4. The molecule has 86 heavy (non-hydrogen) atoms. The predicted molar refractivity (Wildman–Crippen MR) is 345 cm³/mol. The normalized spacial score (nSPS) is 14.2. The molecule has 0 aliphatic heterocycles. The van der Waals surface area contributed by atoms with Crippen molar-refractivity contribution in [2.75, 3.05) is 39.6 Å². The van der Waals surface area contributed by atoms with Gasteiger partial charge in [-0.25, -0.2) is 9.13 Å². The minimum atomic E-state index is -4.95. The Morgan fingerprint density at radius 2 is 0.535 bits per heavy atom. The molecule has 0 saturated heterocycles. The van der Waals surface area contributed by atoms with Gasteiger partial charge in [0.2, 0.25) is 0 Å². The molecule has 0 aliphatic carbocycles. The summed E-state index contributed by atoms with van der Waals surface area (Å²) >= 11 is 0. The highest BCUT2D eigenvalue weighted by Gasteiger charge is 2.30. The van der Waals surface area contributed by atoms with Crippen molar-refractivity contribution >= 4 is 39.5 Å². The molecule has 0 heterocycles. The fraction of sp³-hybridized carbons (Fsp3) is 0.940. The first-order valence-corrected chi connectivity index (χ1v) is 38.0. The van der Waals surface area contributed by atoms with Crippen molar-refractivity contribution in [2.45, 2.75) is 355 Å². The third kappa shape index (κ3) is 60.9. The van der Waals surface area contributed by atoms with E-state index in [1.165, 1.54) is 128 Å². The molecule has 0 saturated carbocycles. The van der Waals surface area contributed by atoms with Crippen molar-refractivity contribution in [1.82, 2.24) is 0 Å². The van der Waals surface area contributed by atoms with Crippen molar-refractivity contribution in [1.29, 1.82) is 0 Å². The number of phosphoric acid groups is 2. The molecule has 0 fully saturated rings. The third-order valence-electron chi connectivity index (χ3n) is 15.5. The minimum Gasteiger partial charge on any atom is -0.462 e. The Labute approximate surface area is 524 Å². The number of hydrogen-bond donors (Lipinski definition) is 3. The van der Waals surface area contributed by atoms with E-state index in [2.05, 4.69) is 41.5 Å². The molecule has 0 aromatic rings. The van der Waals surface area contributed by atoms with Gasteiger partial charge in [0.1, 0.15) is 19.3 Å². The number of ether oxygens (including phenoxy) is 4. The van der Waals surface area contributed by atoms with Crippen LogP contribution in [0.3, 0.4) is 0 Å². The lowest BCUT2D eigenvalue weighted by atomic mass is 10.0. The van der Waals surface area contributed by atoms with E-state index in [-0.39, 0.29) is 25.7 Å². The maximum absolute atomic E-state index is 13.0. The number of hydrogen-bond acceptors (Lipinski definition) is 15. The molecule has 0 amide bonds. The summed E-state index contributed by atoms with van der Waals surface area (Å²) in [5.41, 5.74) is 0. The average molecular weight is 1270 g/mol. The summed E-state index contributed by atoms with van der Waals surface area (Å²) in [6.45, 7) is 9.47. The molecule has 0 aromatic carbocycles. The number of aliphatic hydroxyl groups is 1. The van der Waals surface area contributed by atoms with Gasteiger partial charge in [0.05, 0.1) is 26.4 Å². The molecule has 0 aromatic heterocycles. The molecule has 0 rings (SSSR count).